The highest BCUT2D eigenvalue weighted by molar-refractivity contribution is 5.93. The van der Waals surface area contributed by atoms with Crippen LogP contribution in [0.1, 0.15) is 67.1 Å². The van der Waals surface area contributed by atoms with Crippen LogP contribution >= 0.6 is 0 Å². The Morgan fingerprint density at radius 3 is 2.26 bits per heavy atom. The summed E-state index contributed by atoms with van der Waals surface area (Å²) < 4.78 is 39.6. The number of piperidine rings is 1. The van der Waals surface area contributed by atoms with E-state index in [0.717, 1.165) is 36.5 Å². The van der Waals surface area contributed by atoms with Gasteiger partial charge in [-0.1, -0.05) is 6.42 Å². The average molecular weight is 431 g/mol. The highest BCUT2D eigenvalue weighted by Gasteiger charge is 2.42. The third kappa shape index (κ3) is 3.52. The molecule has 1 saturated carbocycles. The summed E-state index contributed by atoms with van der Waals surface area (Å²) in [5, 5.41) is 21.5. The molecule has 164 valence electrons. The predicted molar refractivity (Wildman–Crippen MR) is 110 cm³/mol. The zero-order chi connectivity index (χ0) is 21.6. The lowest BCUT2D eigenvalue weighted by molar-refractivity contribution is -0.136. The van der Waals surface area contributed by atoms with Gasteiger partial charge in [-0.15, -0.1) is 10.2 Å². The maximum atomic E-state index is 13.2. The molecule has 0 amide bonds. The molecule has 2 unspecified atom stereocenters. The Hall–Kier alpha value is -2.75. The topological polar surface area (TPSA) is 105 Å². The molecule has 2 aromatic heterocycles. The number of alkyl halides is 3. The number of aromatic nitrogens is 5. The number of nitrogens with two attached hydrogens (primary N) is 1. The summed E-state index contributed by atoms with van der Waals surface area (Å²) in [6, 6.07) is 2.43. The van der Waals surface area contributed by atoms with E-state index in [2.05, 4.69) is 30.9 Å². The zero-order valence-corrected chi connectivity index (χ0v) is 17.0. The van der Waals surface area contributed by atoms with E-state index in [0.29, 0.717) is 28.9 Å². The molecule has 2 atom stereocenters. The fourth-order valence-electron chi connectivity index (χ4n) is 5.18. The molecule has 0 radical (unpaired) electrons. The molecule has 1 aromatic carbocycles. The largest absolute Gasteiger partial charge is 0.418 e. The fourth-order valence-corrected chi connectivity index (χ4v) is 5.18. The smallest absolute Gasteiger partial charge is 0.382 e. The molecular weight excluding hydrogens is 407 g/mol. The molecule has 2 bridgehead atoms. The molecule has 1 saturated heterocycles. The van der Waals surface area contributed by atoms with Gasteiger partial charge in [0.25, 0.3) is 0 Å². The minimum atomic E-state index is -4.50. The van der Waals surface area contributed by atoms with Crippen LogP contribution in [0.2, 0.25) is 0 Å². The van der Waals surface area contributed by atoms with Gasteiger partial charge in [-0.3, -0.25) is 0 Å². The van der Waals surface area contributed by atoms with E-state index in [1.807, 2.05) is 0 Å². The van der Waals surface area contributed by atoms with Gasteiger partial charge in [-0.25, -0.2) is 0 Å². The first kappa shape index (κ1) is 20.2. The molecule has 2 fully saturated rings. The van der Waals surface area contributed by atoms with E-state index in [4.69, 9.17) is 5.73 Å². The van der Waals surface area contributed by atoms with Crippen molar-refractivity contribution in [1.82, 2.24) is 30.9 Å². The molecule has 3 aliphatic rings. The summed E-state index contributed by atoms with van der Waals surface area (Å²) in [6.07, 6.45) is 2.83. The number of rotatable bonds is 1. The summed E-state index contributed by atoms with van der Waals surface area (Å²) >= 11 is 0. The van der Waals surface area contributed by atoms with Gasteiger partial charge in [0.05, 0.1) is 11.3 Å². The van der Waals surface area contributed by atoms with Crippen LogP contribution in [0.3, 0.4) is 0 Å². The molecule has 3 heterocycles. The van der Waals surface area contributed by atoms with E-state index in [9.17, 15) is 13.2 Å². The first-order valence-electron chi connectivity index (χ1n) is 10.7. The summed E-state index contributed by atoms with van der Waals surface area (Å²) in [4.78, 5) is 0. The normalized spacial score (nSPS) is 22.3. The Kier molecular flexibility index (Phi) is 5.04. The number of nitrogen functional groups attached to an aromatic ring is 1. The third-order valence-electron chi connectivity index (χ3n) is 6.57. The van der Waals surface area contributed by atoms with Crippen LogP contribution in [0.4, 0.5) is 19.0 Å². The maximum Gasteiger partial charge on any atom is 0.418 e. The Balaban J connectivity index is 0.000000296. The van der Waals surface area contributed by atoms with Crippen LogP contribution in [0, 0.1) is 0 Å². The summed E-state index contributed by atoms with van der Waals surface area (Å²) in [5.74, 6) is 1.13. The van der Waals surface area contributed by atoms with Crippen LogP contribution in [0.25, 0.3) is 22.3 Å². The van der Waals surface area contributed by atoms with Crippen molar-refractivity contribution < 1.29 is 13.2 Å². The quantitative estimate of drug-likeness (QED) is 0.535. The van der Waals surface area contributed by atoms with Crippen LogP contribution in [-0.2, 0) is 6.18 Å². The van der Waals surface area contributed by atoms with Gasteiger partial charge in [-0.2, -0.15) is 28.6 Å². The number of nitrogens with one attached hydrogen (secondary N) is 2. The number of halogens is 3. The van der Waals surface area contributed by atoms with Gasteiger partial charge in [0.1, 0.15) is 16.9 Å². The maximum absolute atomic E-state index is 13.2. The first-order valence-corrected chi connectivity index (χ1v) is 10.7. The number of fused-ring (bicyclic) bond motifs is 6. The van der Waals surface area contributed by atoms with Gasteiger partial charge in [-0.05, 0) is 74.7 Å². The highest BCUT2D eigenvalue weighted by atomic mass is 19.4. The minimum absolute atomic E-state index is 0.152. The molecule has 2 aliphatic carbocycles. The van der Waals surface area contributed by atoms with E-state index in [-0.39, 0.29) is 11.0 Å². The second-order valence-electron chi connectivity index (χ2n) is 8.46. The average Bonchev–Trinajstić information content (AvgIpc) is 3.51. The SMILES string of the molecule is C1CCNCC1.Nc1nnc(-c2ccc(C(F)(F)F)c3n[nH]nc23)c2c1C1CCC2C1. The Morgan fingerprint density at radius 1 is 0.903 bits per heavy atom. The first-order chi connectivity index (χ1) is 14.9. The Labute approximate surface area is 177 Å². The Bertz CT molecular complexity index is 1090. The van der Waals surface area contributed by atoms with E-state index in [1.165, 1.54) is 38.4 Å². The predicted octanol–water partition coefficient (Wildman–Crippen LogP) is 4.14. The lowest BCUT2D eigenvalue weighted by Gasteiger charge is -2.19. The third-order valence-corrected chi connectivity index (χ3v) is 6.57. The second-order valence-corrected chi connectivity index (χ2v) is 8.46. The van der Waals surface area contributed by atoms with Crippen LogP contribution < -0.4 is 11.1 Å². The number of benzene rings is 1. The van der Waals surface area contributed by atoms with Gasteiger partial charge < -0.3 is 11.1 Å². The molecule has 7 nitrogen and oxygen atoms in total. The number of hydrogen-bond donors (Lipinski definition) is 3. The fraction of sp³-hybridized carbons (Fsp3) is 0.524. The van der Waals surface area contributed by atoms with Crippen molar-refractivity contribution in [2.24, 2.45) is 0 Å². The molecule has 3 aromatic rings. The van der Waals surface area contributed by atoms with Crippen LogP contribution in [-0.4, -0.2) is 38.7 Å². The second kappa shape index (κ2) is 7.74. The van der Waals surface area contributed by atoms with Crippen molar-refractivity contribution in [1.29, 1.82) is 0 Å². The van der Waals surface area contributed by atoms with Crippen LogP contribution in [0.5, 0.6) is 0 Å². The van der Waals surface area contributed by atoms with Gasteiger partial charge in [0.2, 0.25) is 0 Å². The Morgan fingerprint density at radius 2 is 1.61 bits per heavy atom. The molecule has 1 aliphatic heterocycles. The number of anilines is 1. The van der Waals surface area contributed by atoms with E-state index < -0.39 is 11.7 Å². The molecule has 31 heavy (non-hydrogen) atoms. The molecule has 0 spiro atoms. The van der Waals surface area contributed by atoms with Crippen LogP contribution in [0.15, 0.2) is 12.1 Å². The van der Waals surface area contributed by atoms with E-state index in [1.54, 1.807) is 0 Å². The van der Waals surface area contributed by atoms with Gasteiger partial charge in [0.15, 0.2) is 0 Å². The van der Waals surface area contributed by atoms with Gasteiger partial charge >= 0.3 is 6.18 Å². The summed E-state index contributed by atoms with van der Waals surface area (Å²) in [5.41, 5.74) is 8.26. The number of nitrogens with zero attached hydrogens (tertiary/aromatic N) is 4. The van der Waals surface area contributed by atoms with Crippen molar-refractivity contribution in [2.75, 3.05) is 18.8 Å². The van der Waals surface area contributed by atoms with Crippen molar-refractivity contribution in [3.63, 3.8) is 0 Å². The monoisotopic (exact) mass is 431 g/mol. The zero-order valence-electron chi connectivity index (χ0n) is 17.0. The van der Waals surface area contributed by atoms with Gasteiger partial charge in [0, 0.05) is 11.1 Å². The minimum Gasteiger partial charge on any atom is -0.382 e. The molecule has 4 N–H and O–H groups in total. The standard InChI is InChI=1S/C16H13F3N6.C5H11N/c17-16(18,19)9-4-3-8(13-14(9)23-25-22-13)12-10-6-1-2-7(5-6)11(10)15(20)24-21-12;1-2-4-6-5-3-1/h3-4,6-7H,1-2,5H2,(H2,20,24)(H,22,23,25);6H,1-5H2. The number of aromatic amines is 1. The van der Waals surface area contributed by atoms with Crippen molar-refractivity contribution in [3.05, 3.63) is 28.8 Å². The van der Waals surface area contributed by atoms with Crippen molar-refractivity contribution in [2.45, 2.75) is 56.5 Å². The summed E-state index contributed by atoms with van der Waals surface area (Å²) in [6.45, 7) is 2.50. The lowest BCUT2D eigenvalue weighted by atomic mass is 9.89. The summed E-state index contributed by atoms with van der Waals surface area (Å²) in [7, 11) is 0. The van der Waals surface area contributed by atoms with Crippen molar-refractivity contribution in [3.8, 4) is 11.3 Å². The molecule has 10 heteroatoms. The molecule has 6 rings (SSSR count). The lowest BCUT2D eigenvalue weighted by Crippen LogP contribution is -2.21. The highest BCUT2D eigenvalue weighted by Crippen LogP contribution is 2.56. The number of H-pyrrole nitrogens is 1. The van der Waals surface area contributed by atoms with Crippen molar-refractivity contribution >= 4 is 16.9 Å². The van der Waals surface area contributed by atoms with E-state index >= 15 is 0 Å². The molecular formula is C21H24F3N7. The number of hydrogen-bond acceptors (Lipinski definition) is 6.